The zero-order chi connectivity index (χ0) is 24.1. The van der Waals surface area contributed by atoms with E-state index in [4.69, 9.17) is 0 Å². The Labute approximate surface area is 215 Å². The number of hydrogen-bond donors (Lipinski definition) is 1. The van der Waals surface area contributed by atoms with Gasteiger partial charge in [-0.1, -0.05) is 54.6 Å². The smallest absolute Gasteiger partial charge is 0.0672 e. The van der Waals surface area contributed by atoms with Crippen LogP contribution in [0.25, 0.3) is 0 Å². The minimum atomic E-state index is -0.482. The second kappa shape index (κ2) is 11.4. The first kappa shape index (κ1) is 24.7. The lowest BCUT2D eigenvalue weighted by Gasteiger charge is -2.39. The number of benzene rings is 2. The Morgan fingerprint density at radius 3 is 2.46 bits per heavy atom. The minimum absolute atomic E-state index is 0.482. The van der Waals surface area contributed by atoms with Gasteiger partial charge >= 0.3 is 0 Å². The van der Waals surface area contributed by atoms with Crippen LogP contribution in [-0.2, 0) is 13.0 Å². The first-order chi connectivity index (χ1) is 17.1. The molecule has 186 valence electrons. The van der Waals surface area contributed by atoms with Crippen molar-refractivity contribution in [3.8, 4) is 0 Å². The van der Waals surface area contributed by atoms with Crippen molar-refractivity contribution in [2.45, 2.75) is 57.1 Å². The van der Waals surface area contributed by atoms with Gasteiger partial charge in [0.05, 0.1) is 5.60 Å². The Morgan fingerprint density at radius 1 is 0.943 bits per heavy atom. The number of piperidine rings is 1. The van der Waals surface area contributed by atoms with E-state index in [1.165, 1.54) is 22.3 Å². The lowest BCUT2D eigenvalue weighted by atomic mass is 9.84. The SMILES string of the molecule is Cc1ccccc1CN1CC(CN2CCC(O)(CCCc3ccccc3)CC2)C(c2ccsc2)C1. The maximum absolute atomic E-state index is 11.2. The summed E-state index contributed by atoms with van der Waals surface area (Å²) in [5, 5.41) is 15.8. The zero-order valence-corrected chi connectivity index (χ0v) is 21.9. The van der Waals surface area contributed by atoms with E-state index in [0.29, 0.717) is 11.8 Å². The van der Waals surface area contributed by atoms with Crippen LogP contribution in [0.3, 0.4) is 0 Å². The van der Waals surface area contributed by atoms with Gasteiger partial charge < -0.3 is 10.0 Å². The molecule has 35 heavy (non-hydrogen) atoms. The number of likely N-dealkylation sites (tertiary alicyclic amines) is 2. The summed E-state index contributed by atoms with van der Waals surface area (Å²) in [4.78, 5) is 5.30. The molecule has 0 bridgehead atoms. The van der Waals surface area contributed by atoms with Gasteiger partial charge in [-0.15, -0.1) is 0 Å². The largest absolute Gasteiger partial charge is 0.390 e. The standard InChI is InChI=1S/C31H40N2OS/c1-25-8-5-6-12-27(25)20-33-22-29(30(23-33)28-13-19-35-24-28)21-32-17-15-31(34,16-18-32)14-7-11-26-9-3-2-4-10-26/h2-6,8-10,12-13,19,24,29-30,34H,7,11,14-18,20-23H2,1H3. The van der Waals surface area contributed by atoms with Gasteiger partial charge in [-0.25, -0.2) is 0 Å². The molecule has 1 aromatic heterocycles. The Bertz CT molecular complexity index is 1040. The lowest BCUT2D eigenvalue weighted by molar-refractivity contribution is -0.0316. The summed E-state index contributed by atoms with van der Waals surface area (Å²) < 4.78 is 0. The topological polar surface area (TPSA) is 26.7 Å². The van der Waals surface area contributed by atoms with E-state index >= 15 is 0 Å². The summed E-state index contributed by atoms with van der Waals surface area (Å²) in [6.45, 7) is 8.77. The molecule has 4 heteroatoms. The van der Waals surface area contributed by atoms with Crippen LogP contribution in [-0.4, -0.2) is 53.2 Å². The van der Waals surface area contributed by atoms with Gasteiger partial charge in [-0.2, -0.15) is 11.3 Å². The van der Waals surface area contributed by atoms with Crippen molar-refractivity contribution in [2.24, 2.45) is 5.92 Å². The van der Waals surface area contributed by atoms with Crippen molar-refractivity contribution >= 4 is 11.3 Å². The Hall–Kier alpha value is -1.98. The highest BCUT2D eigenvalue weighted by atomic mass is 32.1. The molecule has 3 nitrogen and oxygen atoms in total. The molecule has 1 N–H and O–H groups in total. The van der Waals surface area contributed by atoms with E-state index in [-0.39, 0.29) is 0 Å². The van der Waals surface area contributed by atoms with Crippen LogP contribution in [0.1, 0.15) is 53.9 Å². The second-order valence-electron chi connectivity index (χ2n) is 10.9. The normalized spacial score (nSPS) is 23.0. The highest BCUT2D eigenvalue weighted by Crippen LogP contribution is 2.36. The number of thiophene rings is 1. The first-order valence-corrected chi connectivity index (χ1v) is 14.3. The van der Waals surface area contributed by atoms with E-state index in [1.54, 1.807) is 0 Å². The van der Waals surface area contributed by atoms with Gasteiger partial charge in [-0.05, 0) is 84.0 Å². The molecule has 0 amide bonds. The Balaban J connectivity index is 1.15. The van der Waals surface area contributed by atoms with E-state index < -0.39 is 5.60 Å². The second-order valence-corrected chi connectivity index (χ2v) is 11.7. The fourth-order valence-electron chi connectivity index (χ4n) is 6.17. The minimum Gasteiger partial charge on any atom is -0.390 e. The number of aliphatic hydroxyl groups is 1. The van der Waals surface area contributed by atoms with Crippen LogP contribution >= 0.6 is 11.3 Å². The summed E-state index contributed by atoms with van der Waals surface area (Å²) in [7, 11) is 0. The van der Waals surface area contributed by atoms with Gasteiger partial charge in [-0.3, -0.25) is 4.90 Å². The first-order valence-electron chi connectivity index (χ1n) is 13.4. The molecule has 2 aliphatic heterocycles. The summed E-state index contributed by atoms with van der Waals surface area (Å²) in [6.07, 6.45) is 4.86. The number of hydrogen-bond acceptors (Lipinski definition) is 4. The van der Waals surface area contributed by atoms with E-state index in [2.05, 4.69) is 88.1 Å². The number of nitrogens with zero attached hydrogens (tertiary/aromatic N) is 2. The Kier molecular flexibility index (Phi) is 8.04. The van der Waals surface area contributed by atoms with Gasteiger partial charge in [0.25, 0.3) is 0 Å². The molecular weight excluding hydrogens is 448 g/mol. The maximum atomic E-state index is 11.2. The molecule has 0 saturated carbocycles. The summed E-state index contributed by atoms with van der Waals surface area (Å²) in [5.74, 6) is 1.26. The zero-order valence-electron chi connectivity index (χ0n) is 21.1. The molecule has 2 fully saturated rings. The average molecular weight is 489 g/mol. The van der Waals surface area contributed by atoms with Crippen molar-refractivity contribution in [3.63, 3.8) is 0 Å². The van der Waals surface area contributed by atoms with Crippen LogP contribution in [0.4, 0.5) is 0 Å². The fraction of sp³-hybridized carbons (Fsp3) is 0.484. The summed E-state index contributed by atoms with van der Waals surface area (Å²) >= 11 is 1.82. The molecule has 3 aromatic rings. The summed E-state index contributed by atoms with van der Waals surface area (Å²) in [6, 6.07) is 21.8. The monoisotopic (exact) mass is 488 g/mol. The van der Waals surface area contributed by atoms with E-state index in [9.17, 15) is 5.11 Å². The third-order valence-electron chi connectivity index (χ3n) is 8.37. The lowest BCUT2D eigenvalue weighted by Crippen LogP contribution is -2.46. The molecule has 5 rings (SSSR count). The van der Waals surface area contributed by atoms with Crippen molar-refractivity contribution in [1.82, 2.24) is 9.80 Å². The molecule has 3 heterocycles. The maximum Gasteiger partial charge on any atom is 0.0672 e. The molecule has 2 unspecified atom stereocenters. The molecule has 2 saturated heterocycles. The average Bonchev–Trinajstić information content (AvgIpc) is 3.53. The molecule has 2 aromatic carbocycles. The van der Waals surface area contributed by atoms with E-state index in [0.717, 1.165) is 71.4 Å². The van der Waals surface area contributed by atoms with Crippen molar-refractivity contribution < 1.29 is 5.11 Å². The third kappa shape index (κ3) is 6.42. The van der Waals surface area contributed by atoms with Crippen LogP contribution in [0.5, 0.6) is 0 Å². The molecule has 2 aliphatic rings. The quantitative estimate of drug-likeness (QED) is 0.393. The molecule has 0 spiro atoms. The van der Waals surface area contributed by atoms with Crippen molar-refractivity contribution in [3.05, 3.63) is 93.7 Å². The predicted molar refractivity (Wildman–Crippen MR) is 147 cm³/mol. The molecule has 0 radical (unpaired) electrons. The van der Waals surface area contributed by atoms with Crippen LogP contribution in [0.2, 0.25) is 0 Å². The van der Waals surface area contributed by atoms with Crippen molar-refractivity contribution in [2.75, 3.05) is 32.7 Å². The third-order valence-corrected chi connectivity index (χ3v) is 9.07. The van der Waals surface area contributed by atoms with Gasteiger partial charge in [0.1, 0.15) is 0 Å². The summed E-state index contributed by atoms with van der Waals surface area (Å²) in [5.41, 5.74) is 5.26. The van der Waals surface area contributed by atoms with Crippen LogP contribution < -0.4 is 0 Å². The molecular formula is C31H40N2OS. The van der Waals surface area contributed by atoms with Crippen molar-refractivity contribution in [1.29, 1.82) is 0 Å². The van der Waals surface area contributed by atoms with Gasteiger partial charge in [0.2, 0.25) is 0 Å². The van der Waals surface area contributed by atoms with Gasteiger partial charge in [0, 0.05) is 45.2 Å². The van der Waals surface area contributed by atoms with Crippen LogP contribution in [0, 0.1) is 12.8 Å². The highest BCUT2D eigenvalue weighted by Gasteiger charge is 2.37. The predicted octanol–water partition coefficient (Wildman–Crippen LogP) is 6.12. The van der Waals surface area contributed by atoms with Gasteiger partial charge in [0.15, 0.2) is 0 Å². The van der Waals surface area contributed by atoms with Crippen LogP contribution in [0.15, 0.2) is 71.4 Å². The van der Waals surface area contributed by atoms with E-state index in [1.807, 2.05) is 11.3 Å². The fourth-order valence-corrected chi connectivity index (χ4v) is 6.89. The number of rotatable bonds is 9. The molecule has 2 atom stereocenters. The Morgan fingerprint density at radius 2 is 1.71 bits per heavy atom. The highest BCUT2D eigenvalue weighted by molar-refractivity contribution is 7.08. The number of aryl methyl sites for hydroxylation is 2. The molecule has 0 aliphatic carbocycles.